The summed E-state index contributed by atoms with van der Waals surface area (Å²) in [4.78, 5) is 25.6. The zero-order chi connectivity index (χ0) is 60.5. The third-order valence-electron chi connectivity index (χ3n) is 17.1. The van der Waals surface area contributed by atoms with Gasteiger partial charge in [0.05, 0.1) is 39.9 Å². The molecule has 83 heavy (non-hydrogen) atoms. The van der Waals surface area contributed by atoms with E-state index in [0.29, 0.717) is 17.4 Å². The Labute approximate surface area is 518 Å². The number of quaternary nitrogens is 1. The van der Waals surface area contributed by atoms with E-state index in [9.17, 15) is 19.4 Å². The van der Waals surface area contributed by atoms with E-state index >= 15 is 0 Å². The minimum Gasteiger partial charge on any atom is -0.756 e. The fourth-order valence-electron chi connectivity index (χ4n) is 11.4. The van der Waals surface area contributed by atoms with Crippen molar-refractivity contribution >= 4 is 13.7 Å². The molecule has 0 saturated heterocycles. The highest BCUT2D eigenvalue weighted by atomic mass is 31.2. The minimum absolute atomic E-state index is 0.000804. The predicted molar refractivity (Wildman–Crippen MR) is 362 cm³/mol. The number of carbonyl (C=O) groups is 1. The molecule has 0 aromatic carbocycles. The third-order valence-corrected chi connectivity index (χ3v) is 18.1. The first-order valence-electron chi connectivity index (χ1n) is 36.9. The van der Waals surface area contributed by atoms with Gasteiger partial charge in [0.2, 0.25) is 5.91 Å². The van der Waals surface area contributed by atoms with E-state index < -0.39 is 20.0 Å². The van der Waals surface area contributed by atoms with E-state index in [1.165, 1.54) is 315 Å². The van der Waals surface area contributed by atoms with Crippen LogP contribution < -0.4 is 10.2 Å². The van der Waals surface area contributed by atoms with Crippen molar-refractivity contribution in [1.82, 2.24) is 5.32 Å². The molecule has 3 atom stereocenters. The van der Waals surface area contributed by atoms with Crippen molar-refractivity contribution < 1.29 is 32.9 Å². The summed E-state index contributed by atoms with van der Waals surface area (Å²) >= 11 is 0. The van der Waals surface area contributed by atoms with Crippen molar-refractivity contribution in [2.45, 2.75) is 392 Å². The fraction of sp³-hybridized carbons (Fsp3) is 0.905. The quantitative estimate of drug-likeness (QED) is 0.0272. The van der Waals surface area contributed by atoms with Crippen molar-refractivity contribution in [1.29, 1.82) is 0 Å². The first-order valence-corrected chi connectivity index (χ1v) is 38.3. The number of carbonyl (C=O) groups excluding carboxylic acids is 1. The summed E-state index contributed by atoms with van der Waals surface area (Å²) in [5.74, 6) is -0.190. The number of allylic oxidation sites excluding steroid dienone is 5. The van der Waals surface area contributed by atoms with Gasteiger partial charge in [-0.3, -0.25) is 9.36 Å². The Kier molecular flexibility index (Phi) is 64.2. The van der Waals surface area contributed by atoms with Gasteiger partial charge in [-0.25, -0.2) is 0 Å². The molecule has 8 nitrogen and oxygen atoms in total. The van der Waals surface area contributed by atoms with Crippen molar-refractivity contribution in [2.24, 2.45) is 0 Å². The van der Waals surface area contributed by atoms with Gasteiger partial charge >= 0.3 is 0 Å². The molecule has 9 heteroatoms. The Morgan fingerprint density at radius 2 is 0.699 bits per heavy atom. The van der Waals surface area contributed by atoms with Gasteiger partial charge in [-0.05, 0) is 51.4 Å². The van der Waals surface area contributed by atoms with Crippen LogP contribution in [0.15, 0.2) is 36.5 Å². The molecule has 0 aliphatic rings. The van der Waals surface area contributed by atoms with Gasteiger partial charge in [0, 0.05) is 6.42 Å². The van der Waals surface area contributed by atoms with Crippen LogP contribution in [0.5, 0.6) is 0 Å². The summed E-state index contributed by atoms with van der Waals surface area (Å²) in [5, 5.41) is 14.0. The smallest absolute Gasteiger partial charge is 0.268 e. The van der Waals surface area contributed by atoms with Crippen LogP contribution in [0.1, 0.15) is 380 Å². The van der Waals surface area contributed by atoms with Gasteiger partial charge in [0.1, 0.15) is 13.2 Å². The number of aliphatic hydroxyl groups is 1. The maximum Gasteiger partial charge on any atom is 0.268 e. The monoisotopic (exact) mass is 1190 g/mol. The summed E-state index contributed by atoms with van der Waals surface area (Å²) in [5.41, 5.74) is 0. The second-order valence-corrected chi connectivity index (χ2v) is 28.1. The van der Waals surface area contributed by atoms with Gasteiger partial charge < -0.3 is 28.8 Å². The lowest BCUT2D eigenvalue weighted by atomic mass is 10.0. The highest BCUT2D eigenvalue weighted by Crippen LogP contribution is 2.38. The molecule has 0 saturated carbocycles. The number of phosphoric acid groups is 1. The van der Waals surface area contributed by atoms with Gasteiger partial charge in [-0.1, -0.05) is 359 Å². The molecule has 2 N–H and O–H groups in total. The van der Waals surface area contributed by atoms with Gasteiger partial charge in [-0.15, -0.1) is 0 Å². The number of hydrogen-bond donors (Lipinski definition) is 2. The zero-order valence-corrected chi connectivity index (χ0v) is 57.3. The Hall–Kier alpha value is -1.28. The Bertz CT molecular complexity index is 1450. The summed E-state index contributed by atoms with van der Waals surface area (Å²) < 4.78 is 23.5. The third kappa shape index (κ3) is 68.1. The average Bonchev–Trinajstić information content (AvgIpc) is 3.50. The van der Waals surface area contributed by atoms with Crippen LogP contribution in [-0.4, -0.2) is 68.5 Å². The molecule has 492 valence electrons. The molecule has 0 aromatic rings. The van der Waals surface area contributed by atoms with E-state index in [1.54, 1.807) is 6.08 Å². The topological polar surface area (TPSA) is 108 Å². The first-order chi connectivity index (χ1) is 40.5. The van der Waals surface area contributed by atoms with Crippen LogP contribution in [0.4, 0.5) is 0 Å². The van der Waals surface area contributed by atoms with Gasteiger partial charge in [0.15, 0.2) is 0 Å². The predicted octanol–water partition coefficient (Wildman–Crippen LogP) is 23.0. The van der Waals surface area contributed by atoms with Crippen molar-refractivity contribution in [3.8, 4) is 0 Å². The highest BCUT2D eigenvalue weighted by Gasteiger charge is 2.23. The molecule has 0 rings (SSSR count). The van der Waals surface area contributed by atoms with Crippen molar-refractivity contribution in [3.63, 3.8) is 0 Å². The van der Waals surface area contributed by atoms with E-state index in [1.807, 2.05) is 27.2 Å². The number of nitrogens with one attached hydrogen (secondary N) is 1. The number of likely N-dealkylation sites (N-methyl/N-ethyl adjacent to an activating group) is 1. The molecule has 0 aliphatic carbocycles. The summed E-state index contributed by atoms with van der Waals surface area (Å²) in [6, 6.07) is -0.887. The van der Waals surface area contributed by atoms with E-state index in [0.717, 1.165) is 44.9 Å². The second-order valence-electron chi connectivity index (χ2n) is 26.7. The lowest BCUT2D eigenvalue weighted by Gasteiger charge is -2.29. The molecular formula is C74H145N2O6P. The number of phosphoric ester groups is 1. The highest BCUT2D eigenvalue weighted by molar-refractivity contribution is 7.45. The number of nitrogens with zero attached hydrogens (tertiary/aromatic N) is 1. The van der Waals surface area contributed by atoms with Crippen LogP contribution in [0.2, 0.25) is 0 Å². The molecule has 0 radical (unpaired) electrons. The summed E-state index contributed by atoms with van der Waals surface area (Å²) in [7, 11) is 1.28. The molecule has 0 heterocycles. The average molecular weight is 1190 g/mol. The minimum atomic E-state index is -4.60. The van der Waals surface area contributed by atoms with Crippen LogP contribution in [0, 0.1) is 0 Å². The van der Waals surface area contributed by atoms with Gasteiger partial charge in [-0.2, -0.15) is 0 Å². The summed E-state index contributed by atoms with van der Waals surface area (Å²) in [6.45, 7) is 4.71. The number of hydrogen-bond acceptors (Lipinski definition) is 6. The molecule has 0 aromatic heterocycles. The summed E-state index contributed by atoms with van der Waals surface area (Å²) in [6.07, 6.45) is 87.1. The molecule has 0 aliphatic heterocycles. The fourth-order valence-corrected chi connectivity index (χ4v) is 12.1. The Balaban J connectivity index is 3.98. The molecule has 0 spiro atoms. The van der Waals surface area contributed by atoms with E-state index in [4.69, 9.17) is 9.05 Å². The molecule has 1 amide bonds. The molecule has 0 fully saturated rings. The SMILES string of the molecule is CCCCCCCCCCCCCCC/C=C\C/C=C\CCCCCCCCCCCCCCCCCCCC(=O)NC(COP(=O)([O-])OCC[N+](C)(C)C)C(O)/C=C/CCCCCCCCCCCCCCCCCCCCCCCC. The standard InChI is InChI=1S/C74H145N2O6P/c1-6-8-10-12-14-16-18-20-22-24-26-28-30-32-33-34-35-36-37-38-39-40-41-42-43-44-46-48-50-52-54-56-58-60-62-64-66-68-74(78)75-72(71-82-83(79,80)81-70-69-76(3,4)5)73(77)67-65-63-61-59-57-55-53-51-49-47-45-31-29-27-25-23-21-19-17-15-13-11-9-7-2/h33-34,36-37,65,67,72-73,77H,6-32,35,38-64,66,68-71H2,1-5H3,(H-,75,78,79,80)/b34-33-,37-36-,67-65+. The maximum absolute atomic E-state index is 13.0. The van der Waals surface area contributed by atoms with E-state index in [-0.39, 0.29) is 19.1 Å². The number of rotatable bonds is 69. The largest absolute Gasteiger partial charge is 0.756 e. The number of amides is 1. The van der Waals surface area contributed by atoms with Crippen molar-refractivity contribution in [2.75, 3.05) is 40.9 Å². The molecule has 3 unspecified atom stereocenters. The van der Waals surface area contributed by atoms with Crippen LogP contribution >= 0.6 is 7.82 Å². The van der Waals surface area contributed by atoms with Crippen LogP contribution in [0.25, 0.3) is 0 Å². The van der Waals surface area contributed by atoms with Gasteiger partial charge in [0.25, 0.3) is 7.82 Å². The lowest BCUT2D eigenvalue weighted by molar-refractivity contribution is -0.870. The van der Waals surface area contributed by atoms with Crippen molar-refractivity contribution in [3.05, 3.63) is 36.5 Å². The van der Waals surface area contributed by atoms with E-state index in [2.05, 4.69) is 43.5 Å². The zero-order valence-electron chi connectivity index (χ0n) is 56.4. The normalized spacial score (nSPS) is 13.8. The van der Waals surface area contributed by atoms with Crippen LogP contribution in [-0.2, 0) is 18.4 Å². The van der Waals surface area contributed by atoms with Crippen LogP contribution in [0.3, 0.4) is 0 Å². The number of unbranched alkanes of at least 4 members (excludes halogenated alkanes) is 52. The Morgan fingerprint density at radius 3 is 1.00 bits per heavy atom. The Morgan fingerprint density at radius 1 is 0.422 bits per heavy atom. The maximum atomic E-state index is 13.0. The lowest BCUT2D eigenvalue weighted by Crippen LogP contribution is -2.45. The first kappa shape index (κ1) is 81.7. The second kappa shape index (κ2) is 65.2. The molecule has 0 bridgehead atoms. The molecular weight excluding hydrogens is 1040 g/mol. The number of aliphatic hydroxyl groups excluding tert-OH is 1.